The Morgan fingerprint density at radius 2 is 2.15 bits per heavy atom. The lowest BCUT2D eigenvalue weighted by Gasteiger charge is -2.23. The van der Waals surface area contributed by atoms with Crippen LogP contribution in [0.4, 0.5) is 0 Å². The van der Waals surface area contributed by atoms with Gasteiger partial charge in [-0.05, 0) is 25.2 Å². The third kappa shape index (κ3) is 2.68. The third-order valence-corrected chi connectivity index (χ3v) is 4.76. The summed E-state index contributed by atoms with van der Waals surface area (Å²) >= 11 is 0. The average molecular weight is 206 g/mol. The van der Waals surface area contributed by atoms with Crippen LogP contribution in [0.1, 0.15) is 26.7 Å². The molecule has 0 radical (unpaired) electrons. The summed E-state index contributed by atoms with van der Waals surface area (Å²) < 4.78 is 22.4. The van der Waals surface area contributed by atoms with Gasteiger partial charge < -0.3 is 5.11 Å². The van der Waals surface area contributed by atoms with Crippen molar-refractivity contribution in [2.24, 2.45) is 11.8 Å². The molecular formula is C9H18O3S. The lowest BCUT2D eigenvalue weighted by atomic mass is 9.86. The molecule has 0 bridgehead atoms. The van der Waals surface area contributed by atoms with Crippen LogP contribution in [-0.4, -0.2) is 31.1 Å². The highest BCUT2D eigenvalue weighted by Crippen LogP contribution is 2.30. The van der Waals surface area contributed by atoms with E-state index in [9.17, 15) is 13.5 Å². The van der Waals surface area contributed by atoms with Crippen molar-refractivity contribution in [3.8, 4) is 0 Å². The Hall–Kier alpha value is -0.0900. The smallest absolute Gasteiger partial charge is 0.150 e. The summed E-state index contributed by atoms with van der Waals surface area (Å²) in [6.07, 6.45) is 1.20. The molecule has 3 unspecified atom stereocenters. The van der Waals surface area contributed by atoms with Crippen molar-refractivity contribution in [1.82, 2.24) is 0 Å². The van der Waals surface area contributed by atoms with Crippen molar-refractivity contribution < 1.29 is 13.5 Å². The average Bonchev–Trinajstić information content (AvgIpc) is 2.31. The molecule has 0 saturated carbocycles. The van der Waals surface area contributed by atoms with E-state index in [0.717, 1.165) is 12.8 Å². The molecule has 1 saturated heterocycles. The minimum Gasteiger partial charge on any atom is -0.393 e. The van der Waals surface area contributed by atoms with Crippen LogP contribution < -0.4 is 0 Å². The summed E-state index contributed by atoms with van der Waals surface area (Å²) in [7, 11) is -2.80. The Labute approximate surface area is 80.1 Å². The lowest BCUT2D eigenvalue weighted by Crippen LogP contribution is -2.25. The number of hydrogen-bond acceptors (Lipinski definition) is 3. The maximum absolute atomic E-state index is 11.2. The van der Waals surface area contributed by atoms with Crippen LogP contribution in [0.5, 0.6) is 0 Å². The first-order valence-corrected chi connectivity index (χ1v) is 6.67. The fraction of sp³-hybridized carbons (Fsp3) is 1.00. The van der Waals surface area contributed by atoms with Gasteiger partial charge in [-0.25, -0.2) is 8.42 Å². The Morgan fingerprint density at radius 1 is 1.54 bits per heavy atom. The van der Waals surface area contributed by atoms with Gasteiger partial charge in [-0.1, -0.05) is 13.3 Å². The van der Waals surface area contributed by atoms with Crippen molar-refractivity contribution in [3.63, 3.8) is 0 Å². The maximum Gasteiger partial charge on any atom is 0.150 e. The highest BCUT2D eigenvalue weighted by Gasteiger charge is 2.34. The molecule has 78 valence electrons. The lowest BCUT2D eigenvalue weighted by molar-refractivity contribution is 0.0918. The van der Waals surface area contributed by atoms with Crippen molar-refractivity contribution in [3.05, 3.63) is 0 Å². The molecule has 0 aromatic heterocycles. The van der Waals surface area contributed by atoms with E-state index < -0.39 is 9.84 Å². The molecule has 0 aliphatic carbocycles. The van der Waals surface area contributed by atoms with E-state index >= 15 is 0 Å². The first-order chi connectivity index (χ1) is 5.96. The van der Waals surface area contributed by atoms with Gasteiger partial charge in [0.05, 0.1) is 17.6 Å². The van der Waals surface area contributed by atoms with Crippen LogP contribution in [-0.2, 0) is 9.84 Å². The van der Waals surface area contributed by atoms with Gasteiger partial charge >= 0.3 is 0 Å². The topological polar surface area (TPSA) is 54.4 Å². The predicted octanol–water partition coefficient (Wildman–Crippen LogP) is 0.828. The quantitative estimate of drug-likeness (QED) is 0.744. The molecule has 13 heavy (non-hydrogen) atoms. The van der Waals surface area contributed by atoms with Gasteiger partial charge in [-0.2, -0.15) is 0 Å². The molecule has 1 aliphatic heterocycles. The van der Waals surface area contributed by atoms with Crippen LogP contribution in [0, 0.1) is 11.8 Å². The summed E-state index contributed by atoms with van der Waals surface area (Å²) in [4.78, 5) is 0. The van der Waals surface area contributed by atoms with Crippen molar-refractivity contribution >= 4 is 9.84 Å². The first kappa shape index (κ1) is 11.0. The maximum atomic E-state index is 11.2. The van der Waals surface area contributed by atoms with Gasteiger partial charge in [0.15, 0.2) is 9.84 Å². The number of aliphatic hydroxyl groups excluding tert-OH is 1. The molecule has 1 fully saturated rings. The number of hydrogen-bond donors (Lipinski definition) is 1. The van der Waals surface area contributed by atoms with E-state index in [2.05, 4.69) is 0 Å². The molecule has 0 aromatic carbocycles. The van der Waals surface area contributed by atoms with E-state index in [0.29, 0.717) is 5.75 Å². The monoisotopic (exact) mass is 206 g/mol. The first-order valence-electron chi connectivity index (χ1n) is 4.84. The second-order valence-corrected chi connectivity index (χ2v) is 6.20. The van der Waals surface area contributed by atoms with Crippen LogP contribution in [0.15, 0.2) is 0 Å². The number of rotatable bonds is 3. The van der Waals surface area contributed by atoms with Crippen molar-refractivity contribution in [2.45, 2.75) is 32.8 Å². The summed E-state index contributed by atoms with van der Waals surface area (Å²) in [5.41, 5.74) is 0. The van der Waals surface area contributed by atoms with E-state index in [1.54, 1.807) is 6.92 Å². The Kier molecular flexibility index (Phi) is 3.35. The third-order valence-electron chi connectivity index (χ3n) is 2.96. The van der Waals surface area contributed by atoms with Gasteiger partial charge in [0.25, 0.3) is 0 Å². The molecule has 1 heterocycles. The number of aliphatic hydroxyl groups is 1. The molecule has 4 heteroatoms. The normalized spacial score (nSPS) is 31.5. The second kappa shape index (κ2) is 3.96. The Morgan fingerprint density at radius 3 is 2.46 bits per heavy atom. The zero-order valence-corrected chi connectivity index (χ0v) is 9.05. The molecule has 0 aromatic rings. The predicted molar refractivity (Wildman–Crippen MR) is 52.2 cm³/mol. The van der Waals surface area contributed by atoms with Crippen molar-refractivity contribution in [2.75, 3.05) is 11.5 Å². The van der Waals surface area contributed by atoms with Crippen LogP contribution >= 0.6 is 0 Å². The fourth-order valence-corrected chi connectivity index (χ4v) is 4.12. The van der Waals surface area contributed by atoms with Gasteiger partial charge in [-0.15, -0.1) is 0 Å². The molecule has 1 N–H and O–H groups in total. The largest absolute Gasteiger partial charge is 0.393 e. The molecular weight excluding hydrogens is 188 g/mol. The van der Waals surface area contributed by atoms with E-state index in [1.165, 1.54) is 0 Å². The highest BCUT2D eigenvalue weighted by molar-refractivity contribution is 7.91. The zero-order valence-electron chi connectivity index (χ0n) is 8.23. The molecule has 0 spiro atoms. The molecule has 1 aliphatic rings. The van der Waals surface area contributed by atoms with Gasteiger partial charge in [0.2, 0.25) is 0 Å². The fourth-order valence-electron chi connectivity index (χ4n) is 2.23. The summed E-state index contributed by atoms with van der Waals surface area (Å²) in [6.45, 7) is 3.75. The minimum absolute atomic E-state index is 0.150. The van der Waals surface area contributed by atoms with E-state index in [4.69, 9.17) is 0 Å². The van der Waals surface area contributed by atoms with E-state index in [-0.39, 0.29) is 23.7 Å². The number of sulfone groups is 1. The van der Waals surface area contributed by atoms with Crippen LogP contribution in [0.2, 0.25) is 0 Å². The summed E-state index contributed by atoms with van der Waals surface area (Å²) in [6, 6.07) is 0. The van der Waals surface area contributed by atoms with Gasteiger partial charge in [0, 0.05) is 0 Å². The zero-order chi connectivity index (χ0) is 10.1. The molecule has 3 atom stereocenters. The minimum atomic E-state index is -2.80. The van der Waals surface area contributed by atoms with Crippen LogP contribution in [0.25, 0.3) is 0 Å². The van der Waals surface area contributed by atoms with Crippen molar-refractivity contribution in [1.29, 1.82) is 0 Å². The SMILES string of the molecule is CCC(C(C)O)C1CCS(=O)(=O)C1. The second-order valence-electron chi connectivity index (χ2n) is 3.98. The standard InChI is InChI=1S/C9H18O3S/c1-3-9(7(2)10)8-4-5-13(11,12)6-8/h7-10H,3-6H2,1-2H3. The van der Waals surface area contributed by atoms with E-state index in [1.807, 2.05) is 6.92 Å². The highest BCUT2D eigenvalue weighted by atomic mass is 32.2. The van der Waals surface area contributed by atoms with Gasteiger partial charge in [0.1, 0.15) is 0 Å². The Balaban J connectivity index is 2.63. The molecule has 3 nitrogen and oxygen atoms in total. The summed E-state index contributed by atoms with van der Waals surface area (Å²) in [5.74, 6) is 0.907. The van der Waals surface area contributed by atoms with Gasteiger partial charge in [-0.3, -0.25) is 0 Å². The summed E-state index contributed by atoms with van der Waals surface area (Å²) in [5, 5.41) is 9.45. The molecule has 0 amide bonds. The Bertz CT molecular complexity index is 256. The van der Waals surface area contributed by atoms with Crippen LogP contribution in [0.3, 0.4) is 0 Å². The molecule has 1 rings (SSSR count).